The third-order valence-corrected chi connectivity index (χ3v) is 8.67. The molecule has 2 N–H and O–H groups in total. The maximum Gasteiger partial charge on any atom is 0.325 e. The second kappa shape index (κ2) is 10.4. The van der Waals surface area contributed by atoms with E-state index in [1.54, 1.807) is 19.2 Å². The van der Waals surface area contributed by atoms with Crippen molar-refractivity contribution in [2.75, 3.05) is 19.1 Å². The van der Waals surface area contributed by atoms with Crippen LogP contribution in [-0.4, -0.2) is 42.6 Å². The van der Waals surface area contributed by atoms with Gasteiger partial charge in [0.2, 0.25) is 11.8 Å². The summed E-state index contributed by atoms with van der Waals surface area (Å²) in [6, 6.07) is 8.62. The number of ether oxygens (including phenoxy) is 2. The number of anilines is 1. The van der Waals surface area contributed by atoms with E-state index in [1.165, 1.54) is 12.0 Å². The minimum Gasteiger partial charge on any atom is -0.496 e. The smallest absolute Gasteiger partial charge is 0.325 e. The minimum absolute atomic E-state index is 0.380. The lowest BCUT2D eigenvalue weighted by molar-refractivity contribution is -0.151. The van der Waals surface area contributed by atoms with Crippen molar-refractivity contribution in [3.05, 3.63) is 52.6 Å². The Morgan fingerprint density at radius 3 is 2.18 bits per heavy atom. The van der Waals surface area contributed by atoms with E-state index in [9.17, 15) is 19.5 Å². The summed E-state index contributed by atoms with van der Waals surface area (Å²) in [5.41, 5.74) is 2.12. The molecule has 2 aliphatic rings. The highest BCUT2D eigenvalue weighted by Crippen LogP contribution is 2.55. The maximum atomic E-state index is 14.4. The fourth-order valence-electron chi connectivity index (χ4n) is 6.54. The van der Waals surface area contributed by atoms with Crippen molar-refractivity contribution in [3.8, 4) is 11.5 Å². The van der Waals surface area contributed by atoms with E-state index in [0.717, 1.165) is 16.7 Å². The lowest BCUT2D eigenvalue weighted by atomic mass is 9.72. The van der Waals surface area contributed by atoms with Gasteiger partial charge in [-0.25, -0.2) is 4.90 Å². The van der Waals surface area contributed by atoms with Crippen LogP contribution in [0.3, 0.4) is 0 Å². The molecule has 0 bridgehead atoms. The Morgan fingerprint density at radius 2 is 1.68 bits per heavy atom. The van der Waals surface area contributed by atoms with E-state index in [0.29, 0.717) is 42.0 Å². The summed E-state index contributed by atoms with van der Waals surface area (Å²) in [6.45, 7) is 9.55. The summed E-state index contributed by atoms with van der Waals surface area (Å²) >= 11 is 0. The van der Waals surface area contributed by atoms with Crippen molar-refractivity contribution in [1.29, 1.82) is 0 Å². The molecule has 8 heteroatoms. The highest BCUT2D eigenvalue weighted by molar-refractivity contribution is 6.25. The van der Waals surface area contributed by atoms with Crippen LogP contribution < -0.4 is 19.7 Å². The number of hydrogen-bond donors (Lipinski definition) is 2. The molecule has 4 rings (SSSR count). The zero-order chi connectivity index (χ0) is 27.9. The normalized spacial score (nSPS) is 25.4. The number of amides is 2. The van der Waals surface area contributed by atoms with Crippen molar-refractivity contribution < 1.29 is 29.0 Å². The van der Waals surface area contributed by atoms with Crippen LogP contribution in [0.2, 0.25) is 0 Å². The molecule has 8 nitrogen and oxygen atoms in total. The number of carbonyl (C=O) groups excluding carboxylic acids is 2. The number of fused-ring (bicyclic) bond motifs is 1. The number of carbonyl (C=O) groups is 3. The molecule has 0 aromatic heterocycles. The van der Waals surface area contributed by atoms with Crippen LogP contribution in [0.1, 0.15) is 62.4 Å². The average molecular weight is 523 g/mol. The summed E-state index contributed by atoms with van der Waals surface area (Å²) in [7, 11) is 3.10. The van der Waals surface area contributed by atoms with Crippen LogP contribution >= 0.6 is 0 Å². The van der Waals surface area contributed by atoms with Gasteiger partial charge in [0.25, 0.3) is 0 Å². The zero-order valence-electron chi connectivity index (χ0n) is 23.3. The summed E-state index contributed by atoms with van der Waals surface area (Å²) in [5.74, 6) is -3.26. The molecule has 204 valence electrons. The number of nitrogens with zero attached hydrogens (tertiary/aromatic N) is 1. The summed E-state index contributed by atoms with van der Waals surface area (Å²) < 4.78 is 11.2. The molecular formula is C30H38N2O6. The fraction of sp³-hybridized carbons (Fsp3) is 0.500. The number of rotatable bonds is 9. The van der Waals surface area contributed by atoms with Crippen LogP contribution in [0, 0.1) is 24.7 Å². The molecule has 0 saturated carbocycles. The molecule has 0 aliphatic carbocycles. The first-order valence-electron chi connectivity index (χ1n) is 13.3. The van der Waals surface area contributed by atoms with Gasteiger partial charge in [-0.2, -0.15) is 0 Å². The Hall–Kier alpha value is -3.39. The van der Waals surface area contributed by atoms with Gasteiger partial charge in [-0.15, -0.1) is 0 Å². The molecule has 2 saturated heterocycles. The van der Waals surface area contributed by atoms with Crippen LogP contribution in [0.25, 0.3) is 0 Å². The molecular weight excluding hydrogens is 484 g/mol. The average Bonchev–Trinajstić information content (AvgIpc) is 3.41. The number of aliphatic carboxylic acids is 1. The Morgan fingerprint density at radius 1 is 1.05 bits per heavy atom. The molecule has 2 fully saturated rings. The number of nitrogens with one attached hydrogen (secondary N) is 1. The second-order valence-electron chi connectivity index (χ2n) is 10.3. The zero-order valence-corrected chi connectivity index (χ0v) is 23.3. The van der Waals surface area contributed by atoms with E-state index in [2.05, 4.69) is 5.32 Å². The highest BCUT2D eigenvalue weighted by Gasteiger charge is 2.70. The number of imide groups is 1. The van der Waals surface area contributed by atoms with Gasteiger partial charge in [0.15, 0.2) is 0 Å². The summed E-state index contributed by atoms with van der Waals surface area (Å²) in [5, 5.41) is 14.0. The van der Waals surface area contributed by atoms with Gasteiger partial charge >= 0.3 is 5.97 Å². The van der Waals surface area contributed by atoms with Gasteiger partial charge in [0, 0.05) is 17.2 Å². The van der Waals surface area contributed by atoms with E-state index in [-0.39, 0.29) is 5.91 Å². The Balaban J connectivity index is 1.99. The molecule has 2 aromatic rings. The number of carboxylic acids is 1. The van der Waals surface area contributed by atoms with Crippen LogP contribution in [0.4, 0.5) is 5.69 Å². The van der Waals surface area contributed by atoms with E-state index < -0.39 is 41.2 Å². The van der Waals surface area contributed by atoms with Crippen LogP contribution in [-0.2, 0) is 27.2 Å². The number of methoxy groups -OCH3 is 2. The van der Waals surface area contributed by atoms with Gasteiger partial charge in [-0.05, 0) is 42.9 Å². The second-order valence-corrected chi connectivity index (χ2v) is 10.3. The SMILES string of the molecule is CCc1cccc(CC)c1N1C(=O)C2C(c3ccc(OC)c(C)c3OC)NC(C(=O)O)(C(C)CC)C2C1=O. The molecule has 2 heterocycles. The molecule has 0 radical (unpaired) electrons. The Kier molecular flexibility index (Phi) is 7.57. The van der Waals surface area contributed by atoms with Crippen LogP contribution in [0.5, 0.6) is 11.5 Å². The molecule has 2 amide bonds. The van der Waals surface area contributed by atoms with Crippen molar-refractivity contribution >= 4 is 23.5 Å². The van der Waals surface area contributed by atoms with E-state index >= 15 is 0 Å². The molecule has 2 aliphatic heterocycles. The van der Waals surface area contributed by atoms with E-state index in [4.69, 9.17) is 9.47 Å². The number of benzene rings is 2. The van der Waals surface area contributed by atoms with Crippen molar-refractivity contribution in [2.45, 2.75) is 65.5 Å². The van der Waals surface area contributed by atoms with Gasteiger partial charge in [0.1, 0.15) is 17.0 Å². The third kappa shape index (κ3) is 3.80. The predicted octanol–water partition coefficient (Wildman–Crippen LogP) is 4.46. The quantitative estimate of drug-likeness (QED) is 0.469. The van der Waals surface area contributed by atoms with Crippen molar-refractivity contribution in [3.63, 3.8) is 0 Å². The van der Waals surface area contributed by atoms with Crippen molar-refractivity contribution in [1.82, 2.24) is 5.32 Å². The van der Waals surface area contributed by atoms with Gasteiger partial charge in [-0.3, -0.25) is 19.7 Å². The molecule has 5 atom stereocenters. The van der Waals surface area contributed by atoms with Gasteiger partial charge < -0.3 is 14.6 Å². The number of para-hydroxylation sites is 1. The molecule has 38 heavy (non-hydrogen) atoms. The molecule has 0 spiro atoms. The Labute approximate surface area is 224 Å². The predicted molar refractivity (Wildman–Crippen MR) is 145 cm³/mol. The molecule has 5 unspecified atom stereocenters. The highest BCUT2D eigenvalue weighted by atomic mass is 16.5. The topological polar surface area (TPSA) is 105 Å². The monoisotopic (exact) mass is 522 g/mol. The van der Waals surface area contributed by atoms with Gasteiger partial charge in [0.05, 0.1) is 31.7 Å². The summed E-state index contributed by atoms with van der Waals surface area (Å²) in [6.07, 6.45) is 1.79. The first-order valence-corrected chi connectivity index (χ1v) is 13.3. The molecule has 2 aromatic carbocycles. The lowest BCUT2D eigenvalue weighted by Crippen LogP contribution is -2.60. The first-order chi connectivity index (χ1) is 18.1. The van der Waals surface area contributed by atoms with E-state index in [1.807, 2.05) is 52.8 Å². The standard InChI is InChI=1S/C30H38N2O6/c1-8-16(4)30(29(35)36)23-22(24(31-30)20-14-15-21(37-6)17(5)26(20)38-7)27(33)32(28(23)34)25-18(9-2)12-11-13-19(25)10-3/h11-16,22-24,31H,8-10H2,1-7H3,(H,35,36). The van der Waals surface area contributed by atoms with Crippen molar-refractivity contribution in [2.24, 2.45) is 17.8 Å². The lowest BCUT2D eigenvalue weighted by Gasteiger charge is -2.36. The van der Waals surface area contributed by atoms with Gasteiger partial charge in [-0.1, -0.05) is 58.4 Å². The largest absolute Gasteiger partial charge is 0.496 e. The Bertz CT molecular complexity index is 1250. The maximum absolute atomic E-state index is 14.4. The minimum atomic E-state index is -1.63. The number of aryl methyl sites for hydroxylation is 2. The number of hydrogen-bond acceptors (Lipinski definition) is 6. The first kappa shape index (κ1) is 27.6. The van der Waals surface area contributed by atoms with Crippen LogP contribution in [0.15, 0.2) is 30.3 Å². The number of carboxylic acid groups (broad SMARTS) is 1. The third-order valence-electron chi connectivity index (χ3n) is 8.67. The summed E-state index contributed by atoms with van der Waals surface area (Å²) in [4.78, 5) is 43.1. The fourth-order valence-corrected chi connectivity index (χ4v) is 6.54.